The van der Waals surface area contributed by atoms with Crippen LogP contribution in [-0.2, 0) is 9.59 Å². The van der Waals surface area contributed by atoms with E-state index in [0.717, 1.165) is 44.2 Å². The van der Waals surface area contributed by atoms with Gasteiger partial charge in [-0.25, -0.2) is 0 Å². The van der Waals surface area contributed by atoms with Crippen LogP contribution in [0.3, 0.4) is 0 Å². The van der Waals surface area contributed by atoms with Crippen molar-refractivity contribution in [2.75, 3.05) is 10.2 Å². The van der Waals surface area contributed by atoms with Crippen LogP contribution in [-0.4, -0.2) is 17.9 Å². The van der Waals surface area contributed by atoms with Gasteiger partial charge in [-0.15, -0.1) is 0 Å². The molecule has 3 fully saturated rings. The molecule has 0 radical (unpaired) electrons. The average molecular weight is 503 g/mol. The number of para-hydroxylation sites is 2. The lowest BCUT2D eigenvalue weighted by Gasteiger charge is -2.60. The average Bonchev–Trinajstić information content (AvgIpc) is 3.24. The van der Waals surface area contributed by atoms with E-state index in [4.69, 9.17) is 11.6 Å². The highest BCUT2D eigenvalue weighted by atomic mass is 35.5. The quantitative estimate of drug-likeness (QED) is 0.486. The van der Waals surface area contributed by atoms with E-state index in [1.165, 1.54) is 0 Å². The third-order valence-electron chi connectivity index (χ3n) is 10.3. The van der Waals surface area contributed by atoms with Crippen molar-refractivity contribution in [3.05, 3.63) is 71.8 Å². The van der Waals surface area contributed by atoms with Crippen LogP contribution >= 0.6 is 11.6 Å². The molecule has 7 atom stereocenters. The minimum atomic E-state index is -0.0497. The SMILES string of the molecule is C[C@]12C=CC(=O)N(c3ccccc3)C1CC[C@@H]1[C@H]2CC[C@]2(C)C(C(=O)Nc3ccccc3Cl)CC[C@@H]12. The van der Waals surface area contributed by atoms with E-state index in [9.17, 15) is 9.59 Å². The highest BCUT2D eigenvalue weighted by Gasteiger charge is 2.61. The van der Waals surface area contributed by atoms with Crippen LogP contribution in [0.5, 0.6) is 0 Å². The van der Waals surface area contributed by atoms with Crippen LogP contribution in [0.25, 0.3) is 0 Å². The number of hydrogen-bond acceptors (Lipinski definition) is 2. The van der Waals surface area contributed by atoms with E-state index in [1.807, 2.05) is 48.5 Å². The number of rotatable bonds is 3. The van der Waals surface area contributed by atoms with Gasteiger partial charge in [0.1, 0.15) is 0 Å². The summed E-state index contributed by atoms with van der Waals surface area (Å²) in [4.78, 5) is 28.6. The maximum Gasteiger partial charge on any atom is 0.250 e. The van der Waals surface area contributed by atoms with E-state index in [0.29, 0.717) is 28.5 Å². The van der Waals surface area contributed by atoms with Crippen molar-refractivity contribution in [1.82, 2.24) is 0 Å². The molecule has 1 heterocycles. The second-order valence-electron chi connectivity index (χ2n) is 11.9. The Kier molecular flexibility index (Phi) is 5.79. The smallest absolute Gasteiger partial charge is 0.250 e. The first-order chi connectivity index (χ1) is 17.3. The molecule has 188 valence electrons. The molecule has 36 heavy (non-hydrogen) atoms. The molecule has 2 aromatic rings. The second-order valence-corrected chi connectivity index (χ2v) is 12.3. The van der Waals surface area contributed by atoms with Gasteiger partial charge in [-0.3, -0.25) is 9.59 Å². The summed E-state index contributed by atoms with van der Waals surface area (Å²) in [5, 5.41) is 3.72. The molecular weight excluding hydrogens is 468 g/mol. The molecule has 4 nitrogen and oxygen atoms in total. The summed E-state index contributed by atoms with van der Waals surface area (Å²) in [7, 11) is 0. The number of nitrogens with one attached hydrogen (secondary N) is 1. The van der Waals surface area contributed by atoms with E-state index in [2.05, 4.69) is 42.3 Å². The van der Waals surface area contributed by atoms with Gasteiger partial charge < -0.3 is 10.2 Å². The lowest BCUT2D eigenvalue weighted by atomic mass is 9.47. The molecule has 4 aliphatic rings. The monoisotopic (exact) mass is 502 g/mol. The fourth-order valence-electron chi connectivity index (χ4n) is 8.61. The minimum Gasteiger partial charge on any atom is -0.325 e. The molecule has 2 amide bonds. The molecule has 0 saturated heterocycles. The first-order valence-corrected chi connectivity index (χ1v) is 13.8. The van der Waals surface area contributed by atoms with Gasteiger partial charge in [0.05, 0.1) is 10.7 Å². The van der Waals surface area contributed by atoms with Gasteiger partial charge in [0.25, 0.3) is 5.91 Å². The number of anilines is 2. The van der Waals surface area contributed by atoms with Crippen molar-refractivity contribution >= 4 is 34.8 Å². The number of carbonyl (C=O) groups excluding carboxylic acids is 2. The lowest BCUT2D eigenvalue weighted by Crippen LogP contribution is -2.61. The molecule has 2 aromatic carbocycles. The summed E-state index contributed by atoms with van der Waals surface area (Å²) in [5.41, 5.74) is 1.66. The summed E-state index contributed by atoms with van der Waals surface area (Å²) in [6, 6.07) is 17.8. The summed E-state index contributed by atoms with van der Waals surface area (Å²) in [6.45, 7) is 4.75. The first kappa shape index (κ1) is 23.8. The molecule has 0 aromatic heterocycles. The van der Waals surface area contributed by atoms with Gasteiger partial charge in [0.15, 0.2) is 0 Å². The Labute approximate surface area is 219 Å². The fraction of sp³-hybridized carbons (Fsp3) is 0.484. The van der Waals surface area contributed by atoms with Crippen LogP contribution in [0.2, 0.25) is 5.02 Å². The van der Waals surface area contributed by atoms with Crippen molar-refractivity contribution in [2.24, 2.45) is 34.5 Å². The topological polar surface area (TPSA) is 49.4 Å². The van der Waals surface area contributed by atoms with Gasteiger partial charge in [-0.2, -0.15) is 0 Å². The highest BCUT2D eigenvalue weighted by Crippen LogP contribution is 2.65. The lowest BCUT2D eigenvalue weighted by molar-refractivity contribution is -0.128. The molecule has 2 unspecified atom stereocenters. The number of amides is 2. The maximum atomic E-state index is 13.5. The maximum absolute atomic E-state index is 13.5. The number of benzene rings is 2. The highest BCUT2D eigenvalue weighted by molar-refractivity contribution is 6.33. The number of nitrogens with zero attached hydrogens (tertiary/aromatic N) is 1. The predicted octanol–water partition coefficient (Wildman–Crippen LogP) is 7.11. The van der Waals surface area contributed by atoms with Gasteiger partial charge in [0.2, 0.25) is 5.91 Å². The summed E-state index contributed by atoms with van der Waals surface area (Å²) >= 11 is 6.34. The number of fused-ring (bicyclic) bond motifs is 5. The van der Waals surface area contributed by atoms with Crippen molar-refractivity contribution < 1.29 is 9.59 Å². The summed E-state index contributed by atoms with van der Waals surface area (Å²) in [5.74, 6) is 1.86. The molecule has 3 saturated carbocycles. The van der Waals surface area contributed by atoms with Gasteiger partial charge >= 0.3 is 0 Å². The molecule has 1 aliphatic heterocycles. The van der Waals surface area contributed by atoms with Gasteiger partial charge in [-0.1, -0.05) is 61.9 Å². The van der Waals surface area contributed by atoms with Gasteiger partial charge in [-0.05, 0) is 86.0 Å². The standard InChI is InChI=1S/C31H35ClN2O2/c1-30-18-16-23-21(22(30)13-14-24(30)29(36)33-26-11-7-6-10-25(26)32)12-15-27-31(23,2)19-17-28(35)34(27)20-8-4-3-5-9-20/h3-11,17,19,21-24,27H,12-16,18H2,1-2H3,(H,33,36)/t21-,22-,23+,24?,27?,30-,31+/m0/s1. The molecule has 1 N–H and O–H groups in total. The molecule has 6 rings (SSSR count). The Morgan fingerprint density at radius 3 is 2.47 bits per heavy atom. The van der Waals surface area contributed by atoms with Crippen LogP contribution in [0, 0.1) is 34.5 Å². The third kappa shape index (κ3) is 3.55. The van der Waals surface area contributed by atoms with Gasteiger partial charge in [0, 0.05) is 29.1 Å². The zero-order valence-corrected chi connectivity index (χ0v) is 21.9. The van der Waals surface area contributed by atoms with Crippen molar-refractivity contribution in [3.63, 3.8) is 0 Å². The summed E-state index contributed by atoms with van der Waals surface area (Å²) < 4.78 is 0. The molecule has 0 spiro atoms. The molecular formula is C31H35ClN2O2. The summed E-state index contributed by atoms with van der Waals surface area (Å²) in [6.07, 6.45) is 10.4. The Morgan fingerprint density at radius 2 is 1.69 bits per heavy atom. The Bertz CT molecular complexity index is 1210. The zero-order chi connectivity index (χ0) is 25.1. The van der Waals surface area contributed by atoms with Crippen molar-refractivity contribution in [2.45, 2.75) is 58.4 Å². The van der Waals surface area contributed by atoms with E-state index < -0.39 is 0 Å². The Hall–Kier alpha value is -2.59. The first-order valence-electron chi connectivity index (χ1n) is 13.5. The van der Waals surface area contributed by atoms with Crippen LogP contribution in [0.1, 0.15) is 52.4 Å². The number of carbonyl (C=O) groups is 2. The molecule has 5 heteroatoms. The largest absolute Gasteiger partial charge is 0.325 e. The third-order valence-corrected chi connectivity index (χ3v) is 10.7. The van der Waals surface area contributed by atoms with Crippen molar-refractivity contribution in [3.8, 4) is 0 Å². The Balaban J connectivity index is 1.26. The molecule has 0 bridgehead atoms. The number of halogens is 1. The van der Waals surface area contributed by atoms with Crippen molar-refractivity contribution in [1.29, 1.82) is 0 Å². The fourth-order valence-corrected chi connectivity index (χ4v) is 8.79. The zero-order valence-electron chi connectivity index (χ0n) is 21.1. The van der Waals surface area contributed by atoms with E-state index >= 15 is 0 Å². The normalized spacial score (nSPS) is 37.1. The molecule has 3 aliphatic carbocycles. The second kappa shape index (κ2) is 8.76. The van der Waals surface area contributed by atoms with Crippen LogP contribution in [0.4, 0.5) is 11.4 Å². The minimum absolute atomic E-state index is 0.00300. The van der Waals surface area contributed by atoms with Crippen LogP contribution in [0.15, 0.2) is 66.7 Å². The number of hydrogen-bond donors (Lipinski definition) is 1. The van der Waals surface area contributed by atoms with E-state index in [-0.39, 0.29) is 34.6 Å². The predicted molar refractivity (Wildman–Crippen MR) is 145 cm³/mol. The Morgan fingerprint density at radius 1 is 0.944 bits per heavy atom. The van der Waals surface area contributed by atoms with Crippen LogP contribution < -0.4 is 10.2 Å². The van der Waals surface area contributed by atoms with E-state index in [1.54, 1.807) is 0 Å².